The third-order valence-electron chi connectivity index (χ3n) is 3.73. The third kappa shape index (κ3) is 4.81. The lowest BCUT2D eigenvalue weighted by molar-refractivity contribution is 0.242. The van der Waals surface area contributed by atoms with E-state index in [-0.39, 0.29) is 6.10 Å². The Hall–Kier alpha value is -1.85. The minimum absolute atomic E-state index is 0.184. The van der Waals surface area contributed by atoms with E-state index in [1.807, 2.05) is 51.8 Å². The fourth-order valence-corrected chi connectivity index (χ4v) is 2.68. The lowest BCUT2D eigenvalue weighted by Gasteiger charge is -2.15. The molecule has 0 saturated heterocycles. The number of benzene rings is 1. The highest BCUT2D eigenvalue weighted by Crippen LogP contribution is 2.25. The van der Waals surface area contributed by atoms with Crippen LogP contribution in [0.2, 0.25) is 0 Å². The summed E-state index contributed by atoms with van der Waals surface area (Å²) in [4.78, 5) is 0. The van der Waals surface area contributed by atoms with Crippen molar-refractivity contribution in [1.82, 2.24) is 20.4 Å². The maximum absolute atomic E-state index is 5.71. The fourth-order valence-electron chi connectivity index (χ4n) is 2.68. The number of rotatable bonds is 8. The van der Waals surface area contributed by atoms with Crippen molar-refractivity contribution in [2.45, 2.75) is 32.4 Å². The molecule has 5 nitrogen and oxygen atoms in total. The molecule has 23 heavy (non-hydrogen) atoms. The number of likely N-dealkylation sites (N-methyl/N-ethyl adjacent to an activating group) is 2. The number of aromatic nitrogens is 2. The van der Waals surface area contributed by atoms with Gasteiger partial charge in [0.2, 0.25) is 0 Å². The van der Waals surface area contributed by atoms with Crippen LogP contribution in [0.1, 0.15) is 19.4 Å². The summed E-state index contributed by atoms with van der Waals surface area (Å²) in [6.45, 7) is 4.99. The average Bonchev–Trinajstić information content (AvgIpc) is 2.87. The summed E-state index contributed by atoms with van der Waals surface area (Å²) in [5.41, 5.74) is 3.41. The molecule has 0 fully saturated rings. The first-order valence-corrected chi connectivity index (χ1v) is 8.15. The van der Waals surface area contributed by atoms with Crippen molar-refractivity contribution in [3.05, 3.63) is 36.0 Å². The van der Waals surface area contributed by atoms with Crippen LogP contribution in [0.3, 0.4) is 0 Å². The molecule has 126 valence electrons. The smallest absolute Gasteiger partial charge is 0.119 e. The van der Waals surface area contributed by atoms with Crippen LogP contribution in [0.15, 0.2) is 30.5 Å². The third-order valence-corrected chi connectivity index (χ3v) is 3.73. The second kappa shape index (κ2) is 8.13. The Kier molecular flexibility index (Phi) is 6.19. The second-order valence-electron chi connectivity index (χ2n) is 6.11. The van der Waals surface area contributed by atoms with Gasteiger partial charge in [0, 0.05) is 31.4 Å². The van der Waals surface area contributed by atoms with Crippen molar-refractivity contribution >= 4 is 0 Å². The van der Waals surface area contributed by atoms with E-state index in [9.17, 15) is 0 Å². The van der Waals surface area contributed by atoms with E-state index in [2.05, 4.69) is 34.1 Å². The number of hydrogen-bond donors (Lipinski definition) is 2. The molecule has 0 amide bonds. The van der Waals surface area contributed by atoms with Gasteiger partial charge < -0.3 is 15.4 Å². The largest absolute Gasteiger partial charge is 0.491 e. The highest BCUT2D eigenvalue weighted by molar-refractivity contribution is 5.63. The maximum Gasteiger partial charge on any atom is 0.119 e. The molecule has 2 N–H and O–H groups in total. The lowest BCUT2D eigenvalue weighted by atomic mass is 10.0. The molecule has 0 aliphatic rings. The summed E-state index contributed by atoms with van der Waals surface area (Å²) in [6.07, 6.45) is 3.22. The predicted octanol–water partition coefficient (Wildman–Crippen LogP) is 2.22. The first-order valence-electron chi connectivity index (χ1n) is 8.15. The molecular formula is C18H28N4O. The van der Waals surface area contributed by atoms with E-state index >= 15 is 0 Å². The lowest BCUT2D eigenvalue weighted by Crippen LogP contribution is -2.36. The minimum Gasteiger partial charge on any atom is -0.491 e. The van der Waals surface area contributed by atoms with E-state index in [0.717, 1.165) is 30.0 Å². The Morgan fingerprint density at radius 2 is 1.87 bits per heavy atom. The Balaban J connectivity index is 2.22. The highest BCUT2D eigenvalue weighted by atomic mass is 16.5. The second-order valence-corrected chi connectivity index (χ2v) is 6.11. The predicted molar refractivity (Wildman–Crippen MR) is 94.9 cm³/mol. The zero-order valence-electron chi connectivity index (χ0n) is 14.8. The summed E-state index contributed by atoms with van der Waals surface area (Å²) in [6, 6.07) is 8.56. The molecule has 0 bridgehead atoms. The van der Waals surface area contributed by atoms with Crippen molar-refractivity contribution < 1.29 is 4.74 Å². The first kappa shape index (κ1) is 17.5. The Morgan fingerprint density at radius 3 is 2.43 bits per heavy atom. The van der Waals surface area contributed by atoms with Gasteiger partial charge in [-0.05, 0) is 64.2 Å². The fraction of sp³-hybridized carbons (Fsp3) is 0.500. The van der Waals surface area contributed by atoms with Crippen molar-refractivity contribution in [1.29, 1.82) is 0 Å². The molecule has 0 saturated carbocycles. The van der Waals surface area contributed by atoms with E-state index < -0.39 is 0 Å². The molecule has 2 rings (SSSR count). The first-order chi connectivity index (χ1) is 11.0. The molecular weight excluding hydrogens is 288 g/mol. The van der Waals surface area contributed by atoms with Crippen LogP contribution in [-0.4, -0.2) is 42.6 Å². The molecule has 0 aliphatic heterocycles. The van der Waals surface area contributed by atoms with Gasteiger partial charge >= 0.3 is 0 Å². The number of nitrogens with one attached hydrogen (secondary N) is 2. The SMILES string of the molecule is CNCC(Cc1cn(C)nc1-c1ccc(OC(C)C)cc1)NC. The van der Waals surface area contributed by atoms with Gasteiger partial charge in [-0.1, -0.05) is 0 Å². The normalized spacial score (nSPS) is 12.6. The van der Waals surface area contributed by atoms with Gasteiger partial charge in [0.05, 0.1) is 11.8 Å². The Labute approximate surface area is 139 Å². The van der Waals surface area contributed by atoms with E-state index in [4.69, 9.17) is 4.74 Å². The topological polar surface area (TPSA) is 51.1 Å². The van der Waals surface area contributed by atoms with Crippen LogP contribution >= 0.6 is 0 Å². The van der Waals surface area contributed by atoms with Crippen molar-refractivity contribution in [3.63, 3.8) is 0 Å². The van der Waals surface area contributed by atoms with Crippen LogP contribution in [0.25, 0.3) is 11.3 Å². The van der Waals surface area contributed by atoms with Crippen LogP contribution in [-0.2, 0) is 13.5 Å². The molecule has 1 aromatic carbocycles. The van der Waals surface area contributed by atoms with E-state index in [1.54, 1.807) is 0 Å². The summed E-state index contributed by atoms with van der Waals surface area (Å²) < 4.78 is 7.59. The molecule has 1 unspecified atom stereocenters. The molecule has 1 aromatic heterocycles. The zero-order chi connectivity index (χ0) is 16.8. The van der Waals surface area contributed by atoms with Gasteiger partial charge in [0.15, 0.2) is 0 Å². The van der Waals surface area contributed by atoms with Crippen molar-refractivity contribution in [3.8, 4) is 17.0 Å². The summed E-state index contributed by atoms with van der Waals surface area (Å²) >= 11 is 0. The van der Waals surface area contributed by atoms with E-state index in [0.29, 0.717) is 6.04 Å². The van der Waals surface area contributed by atoms with Gasteiger partial charge in [-0.2, -0.15) is 5.10 Å². The molecule has 2 aromatic rings. The standard InChI is InChI=1S/C18H28N4O/c1-13(2)23-17-8-6-14(7-9-17)18-15(12-22(5)21-18)10-16(20-4)11-19-3/h6-9,12-13,16,19-20H,10-11H2,1-5H3. The van der Waals surface area contributed by atoms with Gasteiger partial charge in [0.25, 0.3) is 0 Å². The van der Waals surface area contributed by atoms with Crippen LogP contribution in [0.5, 0.6) is 5.75 Å². The van der Waals surface area contributed by atoms with Crippen LogP contribution in [0.4, 0.5) is 0 Å². The molecule has 0 radical (unpaired) electrons. The molecule has 0 spiro atoms. The van der Waals surface area contributed by atoms with E-state index in [1.165, 1.54) is 5.56 Å². The van der Waals surface area contributed by atoms with Crippen LogP contribution in [0, 0.1) is 0 Å². The molecule has 1 heterocycles. The Bertz CT molecular complexity index is 604. The average molecular weight is 316 g/mol. The van der Waals surface area contributed by atoms with Crippen LogP contribution < -0.4 is 15.4 Å². The summed E-state index contributed by atoms with van der Waals surface area (Å²) in [5.74, 6) is 0.893. The highest BCUT2D eigenvalue weighted by Gasteiger charge is 2.14. The van der Waals surface area contributed by atoms with Crippen molar-refractivity contribution in [2.24, 2.45) is 7.05 Å². The van der Waals surface area contributed by atoms with Gasteiger partial charge in [0.1, 0.15) is 5.75 Å². The molecule has 0 aliphatic carbocycles. The van der Waals surface area contributed by atoms with Crippen molar-refractivity contribution in [2.75, 3.05) is 20.6 Å². The van der Waals surface area contributed by atoms with Gasteiger partial charge in [-0.15, -0.1) is 0 Å². The quantitative estimate of drug-likeness (QED) is 0.784. The monoisotopic (exact) mass is 316 g/mol. The number of hydrogen-bond acceptors (Lipinski definition) is 4. The van der Waals surface area contributed by atoms with Gasteiger partial charge in [-0.3, -0.25) is 4.68 Å². The zero-order valence-corrected chi connectivity index (χ0v) is 14.8. The Morgan fingerprint density at radius 1 is 1.17 bits per heavy atom. The number of ether oxygens (including phenoxy) is 1. The summed E-state index contributed by atoms with van der Waals surface area (Å²) in [7, 11) is 5.94. The summed E-state index contributed by atoms with van der Waals surface area (Å²) in [5, 5.41) is 11.2. The number of nitrogens with zero attached hydrogens (tertiary/aromatic N) is 2. The minimum atomic E-state index is 0.184. The molecule has 5 heteroatoms. The molecule has 1 atom stereocenters. The maximum atomic E-state index is 5.71. The number of aryl methyl sites for hydroxylation is 1. The van der Waals surface area contributed by atoms with Gasteiger partial charge in [-0.25, -0.2) is 0 Å².